The average molecular weight is 398 g/mol. The minimum Gasteiger partial charge on any atom is -0.471 e. The third kappa shape index (κ3) is 4.00. The molecule has 152 valence electrons. The third-order valence-electron chi connectivity index (χ3n) is 5.14. The summed E-state index contributed by atoms with van der Waals surface area (Å²) in [4.78, 5) is 21.8. The molecule has 2 aromatic rings. The Bertz CT molecular complexity index is 946. The van der Waals surface area contributed by atoms with Gasteiger partial charge in [0.2, 0.25) is 5.88 Å². The Hall–Kier alpha value is -3.20. The highest BCUT2D eigenvalue weighted by Crippen LogP contribution is 2.24. The molecular weight excluding hydrogens is 375 g/mol. The standard InChI is InChI=1S/C20H23FN6O2/c1-13-3-4-15(9-22-13)20-17(26(2)25-24-20)12-29-18-7-14-5-6-27(19(28)8-21)11-16(14)10-23-18/h3-4,7,9-10,24-25H,5-6,8,11-12H2,1-2H3. The first-order valence-corrected chi connectivity index (χ1v) is 9.41. The molecule has 0 spiro atoms. The van der Waals surface area contributed by atoms with Crippen LogP contribution in [0.3, 0.4) is 0 Å². The number of aromatic nitrogens is 2. The van der Waals surface area contributed by atoms with Crippen LogP contribution in [0.5, 0.6) is 5.88 Å². The van der Waals surface area contributed by atoms with E-state index >= 15 is 0 Å². The van der Waals surface area contributed by atoms with Crippen molar-refractivity contribution in [1.29, 1.82) is 0 Å². The predicted octanol–water partition coefficient (Wildman–Crippen LogP) is 1.34. The van der Waals surface area contributed by atoms with Crippen molar-refractivity contribution in [2.24, 2.45) is 0 Å². The molecule has 0 saturated carbocycles. The minimum atomic E-state index is -0.965. The van der Waals surface area contributed by atoms with Gasteiger partial charge in [0, 0.05) is 49.9 Å². The fourth-order valence-electron chi connectivity index (χ4n) is 3.41. The van der Waals surface area contributed by atoms with Crippen molar-refractivity contribution in [3.8, 4) is 5.88 Å². The molecule has 0 radical (unpaired) electrons. The topological polar surface area (TPSA) is 82.6 Å². The van der Waals surface area contributed by atoms with E-state index in [4.69, 9.17) is 4.74 Å². The number of hydrazine groups is 2. The molecular formula is C20H23FN6O2. The van der Waals surface area contributed by atoms with E-state index in [-0.39, 0.29) is 0 Å². The van der Waals surface area contributed by atoms with Gasteiger partial charge in [0.1, 0.15) is 6.61 Å². The zero-order chi connectivity index (χ0) is 20.4. The van der Waals surface area contributed by atoms with Crippen molar-refractivity contribution in [3.63, 3.8) is 0 Å². The molecule has 2 aromatic heterocycles. The molecule has 8 nitrogen and oxygen atoms in total. The van der Waals surface area contributed by atoms with Gasteiger partial charge in [-0.2, -0.15) is 0 Å². The lowest BCUT2D eigenvalue weighted by Crippen LogP contribution is -2.37. The fraction of sp³-hybridized carbons (Fsp3) is 0.350. The van der Waals surface area contributed by atoms with E-state index in [9.17, 15) is 9.18 Å². The number of carbonyl (C=O) groups is 1. The number of hydrogen-bond donors (Lipinski definition) is 2. The number of nitrogens with zero attached hydrogens (tertiary/aromatic N) is 4. The summed E-state index contributed by atoms with van der Waals surface area (Å²) in [7, 11) is 1.90. The molecule has 0 aliphatic carbocycles. The Kier molecular flexibility index (Phi) is 5.30. The second kappa shape index (κ2) is 8.04. The third-order valence-corrected chi connectivity index (χ3v) is 5.14. The van der Waals surface area contributed by atoms with Gasteiger partial charge in [-0.25, -0.2) is 9.37 Å². The molecule has 0 atom stereocenters. The van der Waals surface area contributed by atoms with Gasteiger partial charge in [0.05, 0.1) is 11.4 Å². The van der Waals surface area contributed by atoms with Crippen LogP contribution < -0.4 is 15.7 Å². The SMILES string of the molecule is Cc1ccc(C2=C(COc3cc4c(cn3)CN(C(=O)CF)CC4)N(C)NN2)cn1. The molecule has 0 fully saturated rings. The van der Waals surface area contributed by atoms with Gasteiger partial charge in [0.25, 0.3) is 5.91 Å². The first kappa shape index (κ1) is 19.1. The quantitative estimate of drug-likeness (QED) is 0.787. The Balaban J connectivity index is 1.48. The van der Waals surface area contributed by atoms with Crippen LogP contribution in [0.1, 0.15) is 22.4 Å². The van der Waals surface area contributed by atoms with Gasteiger partial charge < -0.3 is 15.1 Å². The molecule has 4 rings (SSSR count). The smallest absolute Gasteiger partial charge is 0.254 e. The zero-order valence-electron chi connectivity index (χ0n) is 16.4. The number of fused-ring (bicyclic) bond motifs is 1. The number of ether oxygens (including phenoxy) is 1. The number of amides is 1. The lowest BCUT2D eigenvalue weighted by atomic mass is 10.0. The molecule has 0 aromatic carbocycles. The van der Waals surface area contributed by atoms with Crippen molar-refractivity contribution in [3.05, 3.63) is 58.7 Å². The number of hydrogen-bond acceptors (Lipinski definition) is 7. The van der Waals surface area contributed by atoms with Crippen LogP contribution in [0.4, 0.5) is 4.39 Å². The largest absolute Gasteiger partial charge is 0.471 e. The number of pyridine rings is 2. The molecule has 9 heteroatoms. The maximum absolute atomic E-state index is 12.6. The van der Waals surface area contributed by atoms with Gasteiger partial charge in [-0.15, -0.1) is 5.53 Å². The van der Waals surface area contributed by atoms with Crippen molar-refractivity contribution in [2.45, 2.75) is 19.9 Å². The van der Waals surface area contributed by atoms with Gasteiger partial charge in [-0.05, 0) is 36.6 Å². The normalized spacial score (nSPS) is 16.0. The van der Waals surface area contributed by atoms with Crippen LogP contribution in [-0.2, 0) is 17.8 Å². The van der Waals surface area contributed by atoms with Crippen LogP contribution >= 0.6 is 0 Å². The summed E-state index contributed by atoms with van der Waals surface area (Å²) in [5.74, 6) is 0.0357. The van der Waals surface area contributed by atoms with Crippen molar-refractivity contribution < 1.29 is 13.9 Å². The Labute approximate surface area is 168 Å². The van der Waals surface area contributed by atoms with E-state index < -0.39 is 12.6 Å². The van der Waals surface area contributed by atoms with Crippen molar-refractivity contribution in [1.82, 2.24) is 30.8 Å². The second-order valence-corrected chi connectivity index (χ2v) is 7.08. The average Bonchev–Trinajstić information content (AvgIpc) is 3.12. The van der Waals surface area contributed by atoms with Crippen molar-refractivity contribution in [2.75, 3.05) is 26.9 Å². The zero-order valence-corrected chi connectivity index (χ0v) is 16.4. The highest BCUT2D eigenvalue weighted by atomic mass is 19.1. The first-order chi connectivity index (χ1) is 14.0. The number of rotatable bonds is 5. The molecule has 0 unspecified atom stereocenters. The highest BCUT2D eigenvalue weighted by molar-refractivity contribution is 5.77. The van der Waals surface area contributed by atoms with E-state index in [1.165, 1.54) is 4.90 Å². The molecule has 2 aliphatic rings. The summed E-state index contributed by atoms with van der Waals surface area (Å²) in [6, 6.07) is 5.87. The van der Waals surface area contributed by atoms with Gasteiger partial charge in [-0.1, -0.05) is 0 Å². The molecule has 29 heavy (non-hydrogen) atoms. The number of nitrogens with one attached hydrogen (secondary N) is 2. The van der Waals surface area contributed by atoms with Crippen molar-refractivity contribution >= 4 is 11.6 Å². The Morgan fingerprint density at radius 3 is 2.90 bits per heavy atom. The fourth-order valence-corrected chi connectivity index (χ4v) is 3.41. The lowest BCUT2D eigenvalue weighted by molar-refractivity contribution is -0.133. The maximum atomic E-state index is 12.6. The number of alkyl halides is 1. The Morgan fingerprint density at radius 2 is 2.14 bits per heavy atom. The van der Waals surface area contributed by atoms with E-state index in [1.54, 1.807) is 6.20 Å². The molecule has 4 heterocycles. The summed E-state index contributed by atoms with van der Waals surface area (Å²) in [6.45, 7) is 2.19. The summed E-state index contributed by atoms with van der Waals surface area (Å²) in [6.07, 6.45) is 4.18. The van der Waals surface area contributed by atoms with E-state index in [0.717, 1.165) is 33.8 Å². The molecule has 0 saturated heterocycles. The number of halogens is 1. The first-order valence-electron chi connectivity index (χ1n) is 9.41. The van der Waals surface area contributed by atoms with Crippen LogP contribution in [0, 0.1) is 6.92 Å². The van der Waals surface area contributed by atoms with E-state index in [0.29, 0.717) is 32.0 Å². The number of aryl methyl sites for hydroxylation is 1. The van der Waals surface area contributed by atoms with E-state index in [1.807, 2.05) is 43.4 Å². The second-order valence-electron chi connectivity index (χ2n) is 7.08. The molecule has 2 N–H and O–H groups in total. The molecule has 2 aliphatic heterocycles. The monoisotopic (exact) mass is 398 g/mol. The summed E-state index contributed by atoms with van der Waals surface area (Å²) in [5, 5.41) is 1.86. The van der Waals surface area contributed by atoms with Crippen LogP contribution in [-0.4, -0.2) is 52.7 Å². The maximum Gasteiger partial charge on any atom is 0.254 e. The Morgan fingerprint density at radius 1 is 1.28 bits per heavy atom. The summed E-state index contributed by atoms with van der Waals surface area (Å²) < 4.78 is 18.6. The van der Waals surface area contributed by atoms with Crippen LogP contribution in [0.15, 0.2) is 36.3 Å². The number of carbonyl (C=O) groups excluding carboxylic acids is 1. The summed E-state index contributed by atoms with van der Waals surface area (Å²) in [5.41, 5.74) is 11.9. The highest BCUT2D eigenvalue weighted by Gasteiger charge is 2.23. The van der Waals surface area contributed by atoms with Gasteiger partial charge in [-0.3, -0.25) is 14.8 Å². The summed E-state index contributed by atoms with van der Waals surface area (Å²) >= 11 is 0. The van der Waals surface area contributed by atoms with Crippen LogP contribution in [0.2, 0.25) is 0 Å². The minimum absolute atomic E-state index is 0.317. The lowest BCUT2D eigenvalue weighted by Gasteiger charge is -2.28. The molecule has 1 amide bonds. The van der Waals surface area contributed by atoms with Gasteiger partial charge >= 0.3 is 0 Å². The molecule has 0 bridgehead atoms. The van der Waals surface area contributed by atoms with Gasteiger partial charge in [0.15, 0.2) is 6.67 Å². The van der Waals surface area contributed by atoms with Crippen LogP contribution in [0.25, 0.3) is 5.70 Å². The predicted molar refractivity (Wildman–Crippen MR) is 105 cm³/mol. The van der Waals surface area contributed by atoms with E-state index in [2.05, 4.69) is 20.9 Å². The number of likely N-dealkylation sites (N-methyl/N-ethyl adjacent to an activating group) is 1.